The number of thioether (sulfide) groups is 1. The molecule has 2 aromatic heterocycles. The molecule has 1 atom stereocenters. The number of carbonyl (C=O) groups is 2. The Kier molecular flexibility index (Phi) is 7.79. The lowest BCUT2D eigenvalue weighted by atomic mass is 10.1. The van der Waals surface area contributed by atoms with Crippen molar-refractivity contribution >= 4 is 34.9 Å². The third kappa shape index (κ3) is 5.63. The topological polar surface area (TPSA) is 89.3 Å². The normalized spacial score (nSPS) is 15.2. The second kappa shape index (κ2) is 11.0. The monoisotopic (exact) mass is 485 g/mol. The Labute approximate surface area is 201 Å². The fourth-order valence-corrected chi connectivity index (χ4v) is 5.23. The molecule has 2 amide bonds. The first-order valence-electron chi connectivity index (χ1n) is 10.9. The summed E-state index contributed by atoms with van der Waals surface area (Å²) >= 11 is 2.56. The van der Waals surface area contributed by atoms with Crippen LogP contribution in [0.15, 0.2) is 46.9 Å². The van der Waals surface area contributed by atoms with Crippen molar-refractivity contribution < 1.29 is 14.3 Å². The van der Waals surface area contributed by atoms with E-state index in [0.717, 1.165) is 30.4 Å². The zero-order chi connectivity index (χ0) is 23.2. The minimum absolute atomic E-state index is 0.0590. The van der Waals surface area contributed by atoms with Crippen molar-refractivity contribution in [1.29, 1.82) is 0 Å². The van der Waals surface area contributed by atoms with Crippen LogP contribution >= 0.6 is 23.1 Å². The number of nitrogens with one attached hydrogen (secondary N) is 1. The SMILES string of the molecule is COc1ccc(-n2c(SCC(=O)NC(=O)c3cccs3)nnc2[C@@H](C)N2CCCCC2)cc1. The maximum absolute atomic E-state index is 12.4. The number of imide groups is 1. The van der Waals surface area contributed by atoms with Crippen molar-refractivity contribution in [3.63, 3.8) is 0 Å². The van der Waals surface area contributed by atoms with Crippen LogP contribution in [0.25, 0.3) is 5.69 Å². The Bertz CT molecular complexity index is 1080. The number of carbonyl (C=O) groups excluding carboxylic acids is 2. The van der Waals surface area contributed by atoms with E-state index in [0.29, 0.717) is 10.0 Å². The van der Waals surface area contributed by atoms with E-state index in [1.54, 1.807) is 24.6 Å². The third-order valence-electron chi connectivity index (χ3n) is 5.63. The number of likely N-dealkylation sites (tertiary alicyclic amines) is 1. The zero-order valence-electron chi connectivity index (χ0n) is 18.7. The highest BCUT2D eigenvalue weighted by Crippen LogP contribution is 2.30. The van der Waals surface area contributed by atoms with Gasteiger partial charge in [-0.15, -0.1) is 21.5 Å². The largest absolute Gasteiger partial charge is 0.497 e. The van der Waals surface area contributed by atoms with E-state index in [1.807, 2.05) is 28.8 Å². The van der Waals surface area contributed by atoms with Gasteiger partial charge in [0.25, 0.3) is 5.91 Å². The van der Waals surface area contributed by atoms with Gasteiger partial charge in [0.1, 0.15) is 5.75 Å². The molecule has 3 heterocycles. The number of nitrogens with zero attached hydrogens (tertiary/aromatic N) is 4. The number of methoxy groups -OCH3 is 1. The second-order valence-electron chi connectivity index (χ2n) is 7.79. The Morgan fingerprint density at radius 2 is 1.91 bits per heavy atom. The summed E-state index contributed by atoms with van der Waals surface area (Å²) in [5.41, 5.74) is 0.900. The van der Waals surface area contributed by atoms with Crippen molar-refractivity contribution in [1.82, 2.24) is 25.0 Å². The number of amides is 2. The van der Waals surface area contributed by atoms with Gasteiger partial charge in [0.2, 0.25) is 5.91 Å². The lowest BCUT2D eigenvalue weighted by Crippen LogP contribution is -2.33. The van der Waals surface area contributed by atoms with Gasteiger partial charge in [-0.1, -0.05) is 24.2 Å². The van der Waals surface area contributed by atoms with Gasteiger partial charge in [-0.25, -0.2) is 0 Å². The standard InChI is InChI=1S/C23H27N5O3S2/c1-16(27-12-4-3-5-13-27)21-25-26-23(28(21)17-8-10-18(31-2)11-9-17)33-15-20(29)24-22(30)19-7-6-14-32-19/h6-11,14,16H,3-5,12-13,15H2,1-2H3,(H,24,29,30)/t16-/m1/s1. The van der Waals surface area contributed by atoms with Gasteiger partial charge in [-0.2, -0.15) is 0 Å². The molecule has 1 saturated heterocycles. The first kappa shape index (κ1) is 23.5. The van der Waals surface area contributed by atoms with Gasteiger partial charge in [0.05, 0.1) is 23.8 Å². The van der Waals surface area contributed by atoms with E-state index in [4.69, 9.17) is 4.74 Å². The lowest BCUT2D eigenvalue weighted by Gasteiger charge is -2.31. The maximum Gasteiger partial charge on any atom is 0.267 e. The van der Waals surface area contributed by atoms with Crippen LogP contribution in [0.2, 0.25) is 0 Å². The molecule has 1 aliphatic heterocycles. The van der Waals surface area contributed by atoms with Gasteiger partial charge in [-0.3, -0.25) is 24.4 Å². The number of rotatable bonds is 8. The summed E-state index contributed by atoms with van der Waals surface area (Å²) in [4.78, 5) is 27.5. The molecule has 33 heavy (non-hydrogen) atoms. The van der Waals surface area contributed by atoms with E-state index in [-0.39, 0.29) is 23.6 Å². The van der Waals surface area contributed by atoms with Gasteiger partial charge in [0, 0.05) is 5.69 Å². The molecule has 0 aliphatic carbocycles. The molecular weight excluding hydrogens is 458 g/mol. The molecule has 174 valence electrons. The number of ether oxygens (including phenoxy) is 1. The number of hydrogen-bond donors (Lipinski definition) is 1. The van der Waals surface area contributed by atoms with Gasteiger partial charge < -0.3 is 4.74 Å². The fourth-order valence-electron chi connectivity index (χ4n) is 3.85. The molecule has 1 aliphatic rings. The van der Waals surface area contributed by atoms with E-state index < -0.39 is 0 Å². The molecule has 0 spiro atoms. The molecule has 0 unspecified atom stereocenters. The third-order valence-corrected chi connectivity index (χ3v) is 7.43. The molecule has 3 aromatic rings. The molecule has 0 bridgehead atoms. The zero-order valence-corrected chi connectivity index (χ0v) is 20.3. The first-order valence-corrected chi connectivity index (χ1v) is 12.8. The smallest absolute Gasteiger partial charge is 0.267 e. The Morgan fingerprint density at radius 1 is 1.15 bits per heavy atom. The van der Waals surface area contributed by atoms with Crippen LogP contribution in [-0.2, 0) is 4.79 Å². The molecule has 0 radical (unpaired) electrons. The molecule has 0 saturated carbocycles. The quantitative estimate of drug-likeness (QED) is 0.484. The minimum atomic E-state index is -0.383. The Morgan fingerprint density at radius 3 is 2.58 bits per heavy atom. The van der Waals surface area contributed by atoms with E-state index in [2.05, 4.69) is 27.3 Å². The summed E-state index contributed by atoms with van der Waals surface area (Å²) in [7, 11) is 1.63. The summed E-state index contributed by atoms with van der Waals surface area (Å²) in [6.07, 6.45) is 3.62. The summed E-state index contributed by atoms with van der Waals surface area (Å²) in [6, 6.07) is 11.3. The predicted octanol–water partition coefficient (Wildman–Crippen LogP) is 3.93. The number of thiophene rings is 1. The van der Waals surface area contributed by atoms with Crippen LogP contribution in [0.1, 0.15) is 47.7 Å². The van der Waals surface area contributed by atoms with Crippen molar-refractivity contribution in [2.45, 2.75) is 37.4 Å². The van der Waals surface area contributed by atoms with Crippen molar-refractivity contribution in [2.24, 2.45) is 0 Å². The highest BCUT2D eigenvalue weighted by Gasteiger charge is 2.26. The molecule has 1 fully saturated rings. The van der Waals surface area contributed by atoms with E-state index >= 15 is 0 Å². The lowest BCUT2D eigenvalue weighted by molar-refractivity contribution is -0.117. The summed E-state index contributed by atoms with van der Waals surface area (Å²) < 4.78 is 7.30. The van der Waals surface area contributed by atoms with Crippen LogP contribution in [0.3, 0.4) is 0 Å². The van der Waals surface area contributed by atoms with Crippen molar-refractivity contribution in [3.05, 3.63) is 52.5 Å². The molecular formula is C23H27N5O3S2. The molecule has 10 heteroatoms. The first-order chi connectivity index (χ1) is 16.1. The fraction of sp³-hybridized carbons (Fsp3) is 0.391. The molecule has 4 rings (SSSR count). The number of piperidine rings is 1. The maximum atomic E-state index is 12.4. The van der Waals surface area contributed by atoms with Crippen LogP contribution in [0.5, 0.6) is 5.75 Å². The second-order valence-corrected chi connectivity index (χ2v) is 9.68. The van der Waals surface area contributed by atoms with E-state index in [9.17, 15) is 9.59 Å². The average Bonchev–Trinajstić information content (AvgIpc) is 3.53. The van der Waals surface area contributed by atoms with E-state index in [1.165, 1.54) is 42.4 Å². The molecule has 1 N–H and O–H groups in total. The number of hydrogen-bond acceptors (Lipinski definition) is 8. The Balaban J connectivity index is 1.54. The number of benzene rings is 1. The van der Waals surface area contributed by atoms with Gasteiger partial charge >= 0.3 is 0 Å². The van der Waals surface area contributed by atoms with Crippen molar-refractivity contribution in [2.75, 3.05) is 26.0 Å². The highest BCUT2D eigenvalue weighted by molar-refractivity contribution is 7.99. The number of aromatic nitrogens is 3. The van der Waals surface area contributed by atoms with Crippen LogP contribution in [0, 0.1) is 0 Å². The Hall–Kier alpha value is -2.69. The van der Waals surface area contributed by atoms with Crippen LogP contribution < -0.4 is 10.1 Å². The minimum Gasteiger partial charge on any atom is -0.497 e. The van der Waals surface area contributed by atoms with Gasteiger partial charge in [-0.05, 0) is 68.6 Å². The predicted molar refractivity (Wildman–Crippen MR) is 129 cm³/mol. The van der Waals surface area contributed by atoms with Crippen molar-refractivity contribution in [3.8, 4) is 11.4 Å². The summed E-state index contributed by atoms with van der Waals surface area (Å²) in [6.45, 7) is 4.22. The molecule has 1 aromatic carbocycles. The van der Waals surface area contributed by atoms with Crippen LogP contribution in [-0.4, -0.2) is 57.4 Å². The highest BCUT2D eigenvalue weighted by atomic mass is 32.2. The van der Waals surface area contributed by atoms with Gasteiger partial charge in [0.15, 0.2) is 11.0 Å². The summed E-state index contributed by atoms with van der Waals surface area (Å²) in [5, 5.41) is 13.8. The molecule has 8 nitrogen and oxygen atoms in total. The average molecular weight is 486 g/mol. The van der Waals surface area contributed by atoms with Crippen LogP contribution in [0.4, 0.5) is 0 Å². The summed E-state index contributed by atoms with van der Waals surface area (Å²) in [5.74, 6) is 0.904.